The van der Waals surface area contributed by atoms with E-state index in [1.807, 2.05) is 0 Å². The number of rotatable bonds is 5. The third kappa shape index (κ3) is 3.46. The minimum Gasteiger partial charge on any atom is -0.282 e. The van der Waals surface area contributed by atoms with Crippen LogP contribution in [-0.4, -0.2) is 40.3 Å². The first-order valence-corrected chi connectivity index (χ1v) is 12.9. The number of carbonyl (C=O) groups is 1. The maximum absolute atomic E-state index is 12.9. The lowest BCUT2D eigenvalue weighted by molar-refractivity contribution is -0.125. The Morgan fingerprint density at radius 2 is 1.25 bits per heavy atom. The van der Waals surface area contributed by atoms with E-state index in [0.717, 1.165) is 6.92 Å². The van der Waals surface area contributed by atoms with Gasteiger partial charge in [-0.15, -0.1) is 4.28 Å². The molecule has 0 aliphatic rings. The predicted molar refractivity (Wildman–Crippen MR) is 112 cm³/mol. The molecule has 4 aromatic carbocycles. The molecule has 0 atom stereocenters. The van der Waals surface area contributed by atoms with E-state index in [0.29, 0.717) is 16.2 Å². The van der Waals surface area contributed by atoms with Crippen LogP contribution in [0.1, 0.15) is 6.92 Å². The number of nitrogens with one attached hydrogen (secondary N) is 1. The normalized spacial score (nSPS) is 13.2. The van der Waals surface area contributed by atoms with Gasteiger partial charge in [0.1, 0.15) is 14.7 Å². The summed E-state index contributed by atoms with van der Waals surface area (Å²) in [6.45, 7) is 0.910. The number of amides is 1. The van der Waals surface area contributed by atoms with E-state index < -0.39 is 50.9 Å². The van der Waals surface area contributed by atoms with Gasteiger partial charge in [-0.3, -0.25) is 13.9 Å². The van der Waals surface area contributed by atoms with Gasteiger partial charge in [-0.1, -0.05) is 42.5 Å². The van der Waals surface area contributed by atoms with Crippen LogP contribution in [0.15, 0.2) is 57.2 Å². The topological polar surface area (TPSA) is 181 Å². The van der Waals surface area contributed by atoms with Gasteiger partial charge >= 0.3 is 10.1 Å². The summed E-state index contributed by atoms with van der Waals surface area (Å²) < 4.78 is 99.0. The Kier molecular flexibility index (Phi) is 4.92. The van der Waals surface area contributed by atoms with E-state index in [2.05, 4.69) is 4.28 Å². The molecule has 4 aromatic rings. The molecule has 3 N–H and O–H groups in total. The highest BCUT2D eigenvalue weighted by atomic mass is 32.2. The van der Waals surface area contributed by atoms with Crippen LogP contribution in [0, 0.1) is 0 Å². The van der Waals surface area contributed by atoms with Gasteiger partial charge in [0.25, 0.3) is 20.2 Å². The van der Waals surface area contributed by atoms with Crippen LogP contribution < -0.4 is 5.48 Å². The maximum atomic E-state index is 12.9. The molecule has 0 heterocycles. The lowest BCUT2D eigenvalue weighted by atomic mass is 9.94. The molecule has 0 unspecified atom stereocenters. The fourth-order valence-corrected chi connectivity index (χ4v) is 7.57. The van der Waals surface area contributed by atoms with E-state index in [-0.39, 0.29) is 16.2 Å². The Labute approximate surface area is 181 Å². The first-order valence-electron chi connectivity index (χ1n) is 8.62. The highest BCUT2D eigenvalue weighted by Gasteiger charge is 2.38. The molecular formula is C18H13NO10S3. The molecular weight excluding hydrogens is 486 g/mol. The first kappa shape index (κ1) is 22.3. The van der Waals surface area contributed by atoms with Gasteiger partial charge in [0.05, 0.1) is 0 Å². The van der Waals surface area contributed by atoms with E-state index in [4.69, 9.17) is 0 Å². The molecule has 4 rings (SSSR count). The molecule has 11 nitrogen and oxygen atoms in total. The summed E-state index contributed by atoms with van der Waals surface area (Å²) in [6.07, 6.45) is 0. The fraction of sp³-hybridized carbons (Fsp3) is 0.0556. The van der Waals surface area contributed by atoms with Crippen molar-refractivity contribution in [2.24, 2.45) is 0 Å². The molecule has 0 aromatic heterocycles. The van der Waals surface area contributed by atoms with E-state index >= 15 is 0 Å². The quantitative estimate of drug-likeness (QED) is 0.208. The van der Waals surface area contributed by atoms with Crippen LogP contribution in [0.2, 0.25) is 0 Å². The third-order valence-corrected chi connectivity index (χ3v) is 8.09. The molecule has 32 heavy (non-hydrogen) atoms. The van der Waals surface area contributed by atoms with Crippen molar-refractivity contribution in [1.82, 2.24) is 5.48 Å². The molecule has 0 saturated heterocycles. The van der Waals surface area contributed by atoms with Gasteiger partial charge in [-0.2, -0.15) is 25.3 Å². The summed E-state index contributed by atoms with van der Waals surface area (Å²) in [7, 11) is -16.2. The first-order chi connectivity index (χ1) is 14.7. The average Bonchev–Trinajstić information content (AvgIpc) is 2.68. The summed E-state index contributed by atoms with van der Waals surface area (Å²) in [5.41, 5.74) is 1.53. The monoisotopic (exact) mass is 499 g/mol. The van der Waals surface area contributed by atoms with E-state index in [1.165, 1.54) is 29.7 Å². The number of carbonyl (C=O) groups excluding carboxylic acids is 1. The summed E-state index contributed by atoms with van der Waals surface area (Å²) in [4.78, 5) is 6.97. The number of hydrogen-bond donors (Lipinski definition) is 3. The van der Waals surface area contributed by atoms with Crippen molar-refractivity contribution >= 4 is 68.6 Å². The second-order valence-electron chi connectivity index (χ2n) is 6.81. The van der Waals surface area contributed by atoms with Crippen LogP contribution in [0.5, 0.6) is 0 Å². The van der Waals surface area contributed by atoms with Gasteiger partial charge in [0, 0.05) is 23.1 Å². The van der Waals surface area contributed by atoms with Crippen LogP contribution >= 0.6 is 0 Å². The zero-order valence-corrected chi connectivity index (χ0v) is 18.4. The summed E-state index contributed by atoms with van der Waals surface area (Å²) >= 11 is 0. The number of benzene rings is 4. The molecule has 0 bridgehead atoms. The smallest absolute Gasteiger partial charge is 0.282 e. The van der Waals surface area contributed by atoms with Crippen molar-refractivity contribution in [3.05, 3.63) is 42.5 Å². The van der Waals surface area contributed by atoms with Gasteiger partial charge in [0.2, 0.25) is 5.91 Å². The van der Waals surface area contributed by atoms with E-state index in [1.54, 1.807) is 18.2 Å². The lowest BCUT2D eigenvalue weighted by Crippen LogP contribution is -2.26. The Hall–Kier alpha value is -2.88. The molecule has 0 spiro atoms. The van der Waals surface area contributed by atoms with Crippen molar-refractivity contribution in [3.63, 3.8) is 0 Å². The predicted octanol–water partition coefficient (Wildman–Crippen LogP) is 1.83. The summed E-state index contributed by atoms with van der Waals surface area (Å²) in [6, 6.07) is 10.3. The lowest BCUT2D eigenvalue weighted by Gasteiger charge is -2.19. The summed E-state index contributed by atoms with van der Waals surface area (Å²) in [5, 5.41) is 0.851. The van der Waals surface area contributed by atoms with Crippen LogP contribution in [0.3, 0.4) is 0 Å². The fourth-order valence-electron chi connectivity index (χ4n) is 3.70. The SMILES string of the molecule is CC(=O)NOS(=O)(=O)c1c(S(=O)(=O)O)c(S(=O)(=O)O)c2ccc3cccc4ccc1c2c34. The van der Waals surface area contributed by atoms with Gasteiger partial charge in [-0.05, 0) is 16.2 Å². The number of hydroxylamine groups is 1. The Morgan fingerprint density at radius 1 is 0.750 bits per heavy atom. The minimum absolute atomic E-state index is 0.00868. The van der Waals surface area contributed by atoms with Crippen molar-refractivity contribution < 1.29 is 43.4 Å². The molecule has 14 heteroatoms. The summed E-state index contributed by atoms with van der Waals surface area (Å²) in [5.74, 6) is -0.963. The molecule has 0 radical (unpaired) electrons. The van der Waals surface area contributed by atoms with Crippen LogP contribution in [-0.2, 0) is 39.4 Å². The maximum Gasteiger partial charge on any atom is 0.319 e. The molecule has 0 saturated carbocycles. The second kappa shape index (κ2) is 7.06. The zero-order valence-electron chi connectivity index (χ0n) is 15.9. The van der Waals surface area contributed by atoms with E-state index in [9.17, 15) is 39.2 Å². The van der Waals surface area contributed by atoms with Crippen molar-refractivity contribution in [2.45, 2.75) is 21.6 Å². The van der Waals surface area contributed by atoms with Crippen molar-refractivity contribution in [1.29, 1.82) is 0 Å². The Morgan fingerprint density at radius 3 is 1.72 bits per heavy atom. The van der Waals surface area contributed by atoms with Crippen LogP contribution in [0.25, 0.3) is 32.3 Å². The Balaban J connectivity index is 2.40. The second-order valence-corrected chi connectivity index (χ2v) is 11.0. The third-order valence-electron chi connectivity index (χ3n) is 4.74. The largest absolute Gasteiger partial charge is 0.319 e. The standard InChI is InChI=1S/C18H13NO10S3/c1-9(20)19-29-32(27,28)17-13-8-6-11-4-2-3-10-5-7-12(15(13)14(10)11)16(30(21,22)23)18(17)31(24,25)26/h2-8H,1H3,(H,19,20)(H,21,22,23)(H,24,25,26). The molecule has 0 fully saturated rings. The van der Waals surface area contributed by atoms with Crippen molar-refractivity contribution in [2.75, 3.05) is 0 Å². The Bertz CT molecular complexity index is 1740. The highest BCUT2D eigenvalue weighted by molar-refractivity contribution is 7.91. The number of hydrogen-bond acceptors (Lipinski definition) is 8. The molecule has 1 amide bonds. The zero-order chi connectivity index (χ0) is 23.6. The van der Waals surface area contributed by atoms with Gasteiger partial charge in [0.15, 0.2) is 0 Å². The molecule has 0 aliphatic carbocycles. The average molecular weight is 500 g/mol. The van der Waals surface area contributed by atoms with Crippen molar-refractivity contribution in [3.8, 4) is 0 Å². The van der Waals surface area contributed by atoms with Gasteiger partial charge < -0.3 is 0 Å². The minimum atomic E-state index is -5.57. The highest BCUT2D eigenvalue weighted by Crippen LogP contribution is 2.44. The molecule has 168 valence electrons. The van der Waals surface area contributed by atoms with Gasteiger partial charge in [-0.25, -0.2) is 5.48 Å². The molecule has 0 aliphatic heterocycles. The van der Waals surface area contributed by atoms with Crippen LogP contribution in [0.4, 0.5) is 0 Å².